The molecule has 0 aliphatic rings. The Morgan fingerprint density at radius 3 is 2.83 bits per heavy atom. The van der Waals surface area contributed by atoms with Gasteiger partial charge in [-0.1, -0.05) is 36.7 Å². The third-order valence-corrected chi connectivity index (χ3v) is 5.03. The summed E-state index contributed by atoms with van der Waals surface area (Å²) in [5.41, 5.74) is 3.81. The van der Waals surface area contributed by atoms with Gasteiger partial charge in [-0.3, -0.25) is 4.72 Å². The quantitative estimate of drug-likeness (QED) is 0.199. The van der Waals surface area contributed by atoms with Gasteiger partial charge in [-0.05, 0) is 43.2 Å². The predicted molar refractivity (Wildman–Crippen MR) is 126 cm³/mol. The first-order valence-corrected chi connectivity index (χ1v) is 10.8. The molecule has 0 saturated heterocycles. The highest BCUT2D eigenvalue weighted by Gasteiger charge is 2.10. The Balaban J connectivity index is 2.05. The SMILES string of the molecule is C=C/C=C(\C(=C/C)OC)c1cc(Nc2cccc(CSNCCCOC)c2)ncn1. The first kappa shape index (κ1) is 23.7. The Bertz CT molecular complexity index is 868. The van der Waals surface area contributed by atoms with Crippen LogP contribution < -0.4 is 10.0 Å². The van der Waals surface area contributed by atoms with E-state index in [1.807, 2.05) is 37.3 Å². The van der Waals surface area contributed by atoms with Gasteiger partial charge in [-0.15, -0.1) is 0 Å². The monoisotopic (exact) mass is 426 g/mol. The lowest BCUT2D eigenvalue weighted by Gasteiger charge is -2.12. The minimum Gasteiger partial charge on any atom is -0.496 e. The Morgan fingerprint density at radius 1 is 1.23 bits per heavy atom. The van der Waals surface area contributed by atoms with Gasteiger partial charge >= 0.3 is 0 Å². The highest BCUT2D eigenvalue weighted by atomic mass is 32.2. The van der Waals surface area contributed by atoms with Crippen molar-refractivity contribution < 1.29 is 9.47 Å². The van der Waals surface area contributed by atoms with Gasteiger partial charge in [0.25, 0.3) is 0 Å². The number of rotatable bonds is 13. The molecule has 1 aromatic carbocycles. The molecule has 160 valence electrons. The lowest BCUT2D eigenvalue weighted by atomic mass is 10.1. The van der Waals surface area contributed by atoms with E-state index in [1.165, 1.54) is 5.56 Å². The topological polar surface area (TPSA) is 68.3 Å². The van der Waals surface area contributed by atoms with E-state index in [-0.39, 0.29) is 0 Å². The highest BCUT2D eigenvalue weighted by Crippen LogP contribution is 2.25. The maximum absolute atomic E-state index is 5.46. The molecular formula is C23H30N4O2S. The molecule has 1 heterocycles. The van der Waals surface area contributed by atoms with E-state index >= 15 is 0 Å². The summed E-state index contributed by atoms with van der Waals surface area (Å²) in [6, 6.07) is 10.2. The van der Waals surface area contributed by atoms with Crippen molar-refractivity contribution in [2.24, 2.45) is 0 Å². The number of nitrogens with one attached hydrogen (secondary N) is 2. The maximum atomic E-state index is 5.46. The normalized spacial score (nSPS) is 12.0. The van der Waals surface area contributed by atoms with E-state index in [0.717, 1.165) is 48.0 Å². The lowest BCUT2D eigenvalue weighted by Crippen LogP contribution is -2.08. The zero-order valence-corrected chi connectivity index (χ0v) is 18.7. The molecule has 0 unspecified atom stereocenters. The molecule has 7 heteroatoms. The highest BCUT2D eigenvalue weighted by molar-refractivity contribution is 7.96. The van der Waals surface area contributed by atoms with E-state index in [9.17, 15) is 0 Å². The van der Waals surface area contributed by atoms with Gasteiger partial charge in [0.15, 0.2) is 0 Å². The predicted octanol–water partition coefficient (Wildman–Crippen LogP) is 5.11. The average Bonchev–Trinajstić information content (AvgIpc) is 2.77. The first-order chi connectivity index (χ1) is 14.7. The molecule has 0 fully saturated rings. The fourth-order valence-electron chi connectivity index (χ4n) is 2.75. The van der Waals surface area contributed by atoms with E-state index in [4.69, 9.17) is 9.47 Å². The number of allylic oxidation sites excluding steroid dienone is 4. The summed E-state index contributed by atoms with van der Waals surface area (Å²) in [6.07, 6.45) is 8.04. The van der Waals surface area contributed by atoms with Crippen LogP contribution in [0.5, 0.6) is 0 Å². The zero-order valence-electron chi connectivity index (χ0n) is 17.9. The smallest absolute Gasteiger partial charge is 0.134 e. The van der Waals surface area contributed by atoms with Crippen LogP contribution in [0.4, 0.5) is 11.5 Å². The summed E-state index contributed by atoms with van der Waals surface area (Å²) in [7, 11) is 3.36. The molecule has 0 atom stereocenters. The Hall–Kier alpha value is -2.61. The molecule has 0 radical (unpaired) electrons. The van der Waals surface area contributed by atoms with Gasteiger partial charge in [-0.2, -0.15) is 0 Å². The summed E-state index contributed by atoms with van der Waals surface area (Å²) in [6.45, 7) is 7.42. The molecule has 0 aliphatic carbocycles. The van der Waals surface area contributed by atoms with Crippen molar-refractivity contribution in [3.05, 3.63) is 78.5 Å². The first-order valence-electron chi connectivity index (χ1n) is 9.77. The summed E-state index contributed by atoms with van der Waals surface area (Å²) in [4.78, 5) is 8.75. The fourth-order valence-corrected chi connectivity index (χ4v) is 3.49. The van der Waals surface area contributed by atoms with Crippen molar-refractivity contribution in [2.75, 3.05) is 32.7 Å². The van der Waals surface area contributed by atoms with Crippen LogP contribution in [-0.4, -0.2) is 37.3 Å². The molecular weight excluding hydrogens is 396 g/mol. The summed E-state index contributed by atoms with van der Waals surface area (Å²) >= 11 is 1.70. The summed E-state index contributed by atoms with van der Waals surface area (Å²) < 4.78 is 13.9. The molecule has 2 rings (SSSR count). The van der Waals surface area contributed by atoms with E-state index < -0.39 is 0 Å². The molecule has 0 spiro atoms. The van der Waals surface area contributed by atoms with Gasteiger partial charge in [0.1, 0.15) is 17.9 Å². The number of hydrogen-bond donors (Lipinski definition) is 2. The van der Waals surface area contributed by atoms with Crippen LogP contribution in [0.1, 0.15) is 24.6 Å². The minimum absolute atomic E-state index is 0.712. The largest absolute Gasteiger partial charge is 0.496 e. The maximum Gasteiger partial charge on any atom is 0.134 e. The summed E-state index contributed by atoms with van der Waals surface area (Å²) in [5, 5.41) is 3.36. The van der Waals surface area contributed by atoms with Crippen molar-refractivity contribution in [1.82, 2.24) is 14.7 Å². The van der Waals surface area contributed by atoms with Gasteiger partial charge in [0.05, 0.1) is 12.8 Å². The number of methoxy groups -OCH3 is 2. The summed E-state index contributed by atoms with van der Waals surface area (Å²) in [5.74, 6) is 2.32. The minimum atomic E-state index is 0.712. The Labute approximate surface area is 183 Å². The fraction of sp³-hybridized carbons (Fsp3) is 0.304. The number of hydrogen-bond acceptors (Lipinski definition) is 7. The lowest BCUT2D eigenvalue weighted by molar-refractivity contribution is 0.196. The molecule has 0 aliphatic heterocycles. The Morgan fingerprint density at radius 2 is 2.10 bits per heavy atom. The van der Waals surface area contributed by atoms with Crippen LogP contribution in [0.15, 0.2) is 67.2 Å². The molecule has 0 amide bonds. The van der Waals surface area contributed by atoms with E-state index in [1.54, 1.807) is 38.6 Å². The number of benzene rings is 1. The zero-order chi connectivity index (χ0) is 21.6. The second-order valence-corrected chi connectivity index (χ2v) is 7.18. The number of anilines is 2. The second kappa shape index (κ2) is 13.6. The van der Waals surface area contributed by atoms with Crippen molar-refractivity contribution >= 4 is 29.0 Å². The number of ether oxygens (including phenoxy) is 2. The van der Waals surface area contributed by atoms with E-state index in [2.05, 4.69) is 38.7 Å². The Kier molecular flexibility index (Phi) is 10.7. The third-order valence-electron chi connectivity index (χ3n) is 4.14. The van der Waals surface area contributed by atoms with Crippen molar-refractivity contribution in [3.63, 3.8) is 0 Å². The van der Waals surface area contributed by atoms with Crippen LogP contribution in [0.3, 0.4) is 0 Å². The molecule has 2 aromatic rings. The van der Waals surface area contributed by atoms with Crippen LogP contribution in [0, 0.1) is 0 Å². The number of nitrogens with zero attached hydrogens (tertiary/aromatic N) is 2. The van der Waals surface area contributed by atoms with Crippen LogP contribution in [-0.2, 0) is 15.2 Å². The second-order valence-electron chi connectivity index (χ2n) is 6.32. The van der Waals surface area contributed by atoms with Crippen LogP contribution >= 0.6 is 11.9 Å². The average molecular weight is 427 g/mol. The van der Waals surface area contributed by atoms with Crippen molar-refractivity contribution in [3.8, 4) is 0 Å². The van der Waals surface area contributed by atoms with E-state index in [0.29, 0.717) is 5.82 Å². The van der Waals surface area contributed by atoms with Crippen LogP contribution in [0.2, 0.25) is 0 Å². The van der Waals surface area contributed by atoms with Crippen molar-refractivity contribution in [2.45, 2.75) is 19.1 Å². The van der Waals surface area contributed by atoms with Gasteiger partial charge in [-0.25, -0.2) is 9.97 Å². The van der Waals surface area contributed by atoms with Gasteiger partial charge < -0.3 is 14.8 Å². The molecule has 1 aromatic heterocycles. The molecule has 30 heavy (non-hydrogen) atoms. The van der Waals surface area contributed by atoms with Gasteiger partial charge in [0, 0.05) is 43.3 Å². The molecule has 0 bridgehead atoms. The third kappa shape index (κ3) is 7.67. The number of aromatic nitrogens is 2. The van der Waals surface area contributed by atoms with Gasteiger partial charge in [0.2, 0.25) is 0 Å². The molecule has 6 nitrogen and oxygen atoms in total. The molecule has 2 N–H and O–H groups in total. The molecule has 0 saturated carbocycles. The standard InChI is InChI=1S/C23H30N4O2S/c1-5-9-20(22(6-2)29-4)21-15-23(25-17-24-21)27-19-11-7-10-18(14-19)16-30-26-12-8-13-28-3/h5-7,9-11,14-15,17,26H,1,8,12-13,16H2,2-4H3,(H,24,25,27)/b20-9-,22-6+. The van der Waals surface area contributed by atoms with Crippen LogP contribution in [0.25, 0.3) is 5.57 Å². The van der Waals surface area contributed by atoms with Crippen molar-refractivity contribution in [1.29, 1.82) is 0 Å².